The van der Waals surface area contributed by atoms with E-state index in [9.17, 15) is 14.3 Å². The maximum absolute atomic E-state index is 14.7. The molecule has 0 saturated carbocycles. The third-order valence-corrected chi connectivity index (χ3v) is 6.60. The molecule has 9 heteroatoms. The second-order valence-electron chi connectivity index (χ2n) is 9.12. The molecule has 2 aliphatic rings. The Hall–Kier alpha value is -3.40. The Balaban J connectivity index is 1.51. The summed E-state index contributed by atoms with van der Waals surface area (Å²) >= 11 is 0. The van der Waals surface area contributed by atoms with Crippen LogP contribution in [0.1, 0.15) is 18.4 Å². The number of rotatable bonds is 6. The average molecular weight is 492 g/mol. The summed E-state index contributed by atoms with van der Waals surface area (Å²) in [6, 6.07) is 14.0. The van der Waals surface area contributed by atoms with Crippen molar-refractivity contribution in [2.45, 2.75) is 19.4 Å². The minimum atomic E-state index is -0.491. The topological polar surface area (TPSA) is 99.6 Å². The first-order valence-corrected chi connectivity index (χ1v) is 12.3. The number of hydrogen-bond donors (Lipinski definition) is 3. The summed E-state index contributed by atoms with van der Waals surface area (Å²) in [5.41, 5.74) is 2.96. The SMILES string of the molecule is O=C(Nc1cc(-c2cc(N3CCOCC3)nc(-c3cccc(CO)c3)n2)ccc1F)C1CCCNC1. The van der Waals surface area contributed by atoms with Crippen LogP contribution in [-0.2, 0) is 16.1 Å². The van der Waals surface area contributed by atoms with Gasteiger partial charge in [-0.2, -0.15) is 0 Å². The number of morpholine rings is 1. The second kappa shape index (κ2) is 11.1. The van der Waals surface area contributed by atoms with E-state index in [2.05, 4.69) is 15.5 Å². The monoisotopic (exact) mass is 491 g/mol. The lowest BCUT2D eigenvalue weighted by Gasteiger charge is -2.28. The molecular formula is C27H30FN5O3. The van der Waals surface area contributed by atoms with Crippen molar-refractivity contribution in [3.05, 3.63) is 59.9 Å². The van der Waals surface area contributed by atoms with Gasteiger partial charge in [-0.3, -0.25) is 4.79 Å². The number of nitrogens with zero attached hydrogens (tertiary/aromatic N) is 3. The van der Waals surface area contributed by atoms with E-state index in [-0.39, 0.29) is 24.1 Å². The Bertz CT molecular complexity index is 1230. The molecule has 0 bridgehead atoms. The molecule has 1 atom stereocenters. The maximum atomic E-state index is 14.7. The summed E-state index contributed by atoms with van der Waals surface area (Å²) in [5.74, 6) is 0.396. The first-order valence-electron chi connectivity index (χ1n) is 12.3. The quantitative estimate of drug-likeness (QED) is 0.487. The summed E-state index contributed by atoms with van der Waals surface area (Å²) in [6.07, 6.45) is 1.71. The highest BCUT2D eigenvalue weighted by molar-refractivity contribution is 5.93. The van der Waals surface area contributed by atoms with Crippen LogP contribution in [0, 0.1) is 11.7 Å². The summed E-state index contributed by atoms with van der Waals surface area (Å²) in [6.45, 7) is 4.03. The van der Waals surface area contributed by atoms with Crippen molar-refractivity contribution in [2.24, 2.45) is 5.92 Å². The van der Waals surface area contributed by atoms with Crippen molar-refractivity contribution in [3.63, 3.8) is 0 Å². The van der Waals surface area contributed by atoms with Crippen LogP contribution in [0.15, 0.2) is 48.5 Å². The molecule has 3 aromatic rings. The van der Waals surface area contributed by atoms with Crippen molar-refractivity contribution in [1.82, 2.24) is 15.3 Å². The number of nitrogens with one attached hydrogen (secondary N) is 2. The third kappa shape index (κ3) is 5.53. The summed E-state index contributed by atoms with van der Waals surface area (Å²) in [4.78, 5) is 24.5. The highest BCUT2D eigenvalue weighted by Crippen LogP contribution is 2.30. The first-order chi connectivity index (χ1) is 17.6. The standard InChI is InChI=1S/C27H30FN5O3/c28-22-7-6-19(14-24(22)31-27(35)21-5-2-8-29-16-21)23-15-25(33-9-11-36-12-10-33)32-26(30-23)20-4-1-3-18(13-20)17-34/h1,3-4,6-7,13-15,21,29,34H,2,5,8-12,16-17H2,(H,31,35). The molecule has 1 amide bonds. The van der Waals surface area contributed by atoms with Crippen LogP contribution in [0.4, 0.5) is 15.9 Å². The van der Waals surface area contributed by atoms with Gasteiger partial charge in [-0.1, -0.05) is 18.2 Å². The Morgan fingerprint density at radius 3 is 2.78 bits per heavy atom. The molecule has 0 aliphatic carbocycles. The number of carbonyl (C=O) groups is 1. The van der Waals surface area contributed by atoms with Crippen LogP contribution in [0.3, 0.4) is 0 Å². The van der Waals surface area contributed by atoms with Gasteiger partial charge < -0.3 is 25.4 Å². The smallest absolute Gasteiger partial charge is 0.228 e. The molecule has 8 nitrogen and oxygen atoms in total. The van der Waals surface area contributed by atoms with Gasteiger partial charge in [0.1, 0.15) is 11.6 Å². The summed E-state index contributed by atoms with van der Waals surface area (Å²) in [5, 5.41) is 15.6. The first kappa shape index (κ1) is 24.3. The number of ether oxygens (including phenoxy) is 1. The van der Waals surface area contributed by atoms with Crippen LogP contribution in [-0.4, -0.2) is 60.4 Å². The van der Waals surface area contributed by atoms with Gasteiger partial charge in [0.05, 0.1) is 37.1 Å². The molecule has 1 unspecified atom stereocenters. The van der Waals surface area contributed by atoms with E-state index in [1.807, 2.05) is 30.3 Å². The number of aromatic nitrogens is 2. The van der Waals surface area contributed by atoms with E-state index >= 15 is 0 Å². The van der Waals surface area contributed by atoms with Gasteiger partial charge in [0.15, 0.2) is 5.82 Å². The van der Waals surface area contributed by atoms with Crippen molar-refractivity contribution in [2.75, 3.05) is 49.6 Å². The average Bonchev–Trinajstić information content (AvgIpc) is 2.95. The summed E-state index contributed by atoms with van der Waals surface area (Å²) < 4.78 is 20.2. The fourth-order valence-corrected chi connectivity index (χ4v) is 4.57. The van der Waals surface area contributed by atoms with Crippen molar-refractivity contribution >= 4 is 17.4 Å². The molecule has 2 saturated heterocycles. The van der Waals surface area contributed by atoms with E-state index < -0.39 is 5.82 Å². The molecule has 2 aromatic carbocycles. The minimum Gasteiger partial charge on any atom is -0.392 e. The molecule has 2 aliphatic heterocycles. The molecule has 188 valence electrons. The number of aliphatic hydroxyl groups is 1. The molecule has 1 aromatic heterocycles. The van der Waals surface area contributed by atoms with E-state index in [1.165, 1.54) is 6.07 Å². The number of hydrogen-bond acceptors (Lipinski definition) is 7. The Labute approximate surface area is 209 Å². The molecule has 3 N–H and O–H groups in total. The van der Waals surface area contributed by atoms with Crippen LogP contribution in [0.25, 0.3) is 22.6 Å². The molecule has 5 rings (SSSR count). The zero-order chi connectivity index (χ0) is 24.9. The van der Waals surface area contributed by atoms with E-state index in [0.29, 0.717) is 49.9 Å². The van der Waals surface area contributed by atoms with Crippen LogP contribution in [0.2, 0.25) is 0 Å². The predicted molar refractivity (Wildman–Crippen MR) is 136 cm³/mol. The lowest BCUT2D eigenvalue weighted by molar-refractivity contribution is -0.120. The number of anilines is 2. The zero-order valence-corrected chi connectivity index (χ0v) is 20.0. The second-order valence-corrected chi connectivity index (χ2v) is 9.12. The van der Waals surface area contributed by atoms with Gasteiger partial charge >= 0.3 is 0 Å². The van der Waals surface area contributed by atoms with Crippen molar-refractivity contribution in [1.29, 1.82) is 0 Å². The summed E-state index contributed by atoms with van der Waals surface area (Å²) in [7, 11) is 0. The lowest BCUT2D eigenvalue weighted by atomic mass is 9.98. The predicted octanol–water partition coefficient (Wildman–Crippen LogP) is 3.22. The molecular weight excluding hydrogens is 461 g/mol. The molecule has 2 fully saturated rings. The van der Waals surface area contributed by atoms with Crippen LogP contribution < -0.4 is 15.5 Å². The van der Waals surface area contributed by atoms with Gasteiger partial charge in [-0.25, -0.2) is 14.4 Å². The Morgan fingerprint density at radius 2 is 2.00 bits per heavy atom. The van der Waals surface area contributed by atoms with Gasteiger partial charge in [-0.05, 0) is 49.2 Å². The zero-order valence-electron chi connectivity index (χ0n) is 20.0. The number of carbonyl (C=O) groups excluding carboxylic acids is 1. The Kier molecular flexibility index (Phi) is 7.50. The van der Waals surface area contributed by atoms with Gasteiger partial charge in [-0.15, -0.1) is 0 Å². The van der Waals surface area contributed by atoms with Gasteiger partial charge in [0.25, 0.3) is 0 Å². The van der Waals surface area contributed by atoms with Crippen molar-refractivity contribution < 1.29 is 19.0 Å². The normalized spacial score (nSPS) is 18.2. The molecule has 36 heavy (non-hydrogen) atoms. The third-order valence-electron chi connectivity index (χ3n) is 6.60. The molecule has 3 heterocycles. The van der Waals surface area contributed by atoms with Gasteiger partial charge in [0.2, 0.25) is 5.91 Å². The largest absolute Gasteiger partial charge is 0.392 e. The number of piperidine rings is 1. The number of halogens is 1. The lowest BCUT2D eigenvalue weighted by Crippen LogP contribution is -2.37. The number of benzene rings is 2. The van der Waals surface area contributed by atoms with Gasteiger partial charge in [0, 0.05) is 36.8 Å². The number of amides is 1. The highest BCUT2D eigenvalue weighted by atomic mass is 19.1. The fraction of sp³-hybridized carbons (Fsp3) is 0.370. The maximum Gasteiger partial charge on any atom is 0.228 e. The minimum absolute atomic E-state index is 0.0820. The Morgan fingerprint density at radius 1 is 1.14 bits per heavy atom. The van der Waals surface area contributed by atoms with E-state index in [4.69, 9.17) is 14.7 Å². The van der Waals surface area contributed by atoms with Crippen molar-refractivity contribution in [3.8, 4) is 22.6 Å². The van der Waals surface area contributed by atoms with E-state index in [0.717, 1.165) is 36.3 Å². The highest BCUT2D eigenvalue weighted by Gasteiger charge is 2.22. The van der Waals surface area contributed by atoms with Crippen LogP contribution >= 0.6 is 0 Å². The fourth-order valence-electron chi connectivity index (χ4n) is 4.57. The van der Waals surface area contributed by atoms with E-state index in [1.54, 1.807) is 12.1 Å². The number of aliphatic hydroxyl groups excluding tert-OH is 1. The van der Waals surface area contributed by atoms with Crippen LogP contribution in [0.5, 0.6) is 0 Å². The molecule has 0 spiro atoms. The molecule has 0 radical (unpaired) electrons.